The molecule has 0 aromatic heterocycles. The van der Waals surface area contributed by atoms with Crippen LogP contribution in [0.4, 0.5) is 26.3 Å². The van der Waals surface area contributed by atoms with E-state index < -0.39 is 98.0 Å². The van der Waals surface area contributed by atoms with Gasteiger partial charge in [0.1, 0.15) is 0 Å². The van der Waals surface area contributed by atoms with Crippen LogP contribution >= 0.6 is 0 Å². The Bertz CT molecular complexity index is 1440. The minimum atomic E-state index is -6.49. The number of halogens is 6. The Labute approximate surface area is 193 Å². The van der Waals surface area contributed by atoms with E-state index in [1.54, 1.807) is 0 Å². The van der Waals surface area contributed by atoms with E-state index in [0.717, 1.165) is 0 Å². The average Bonchev–Trinajstić information content (AvgIpc) is 2.74. The number of amides is 4. The molecule has 2 aliphatic rings. The Morgan fingerprint density at radius 3 is 0.944 bits per heavy atom. The van der Waals surface area contributed by atoms with Crippen molar-refractivity contribution >= 4 is 54.6 Å². The molecule has 0 spiro atoms. The molecule has 2 heterocycles. The second-order valence-electron chi connectivity index (χ2n) is 6.83. The van der Waals surface area contributed by atoms with Gasteiger partial charge in [0, 0.05) is 10.8 Å². The van der Waals surface area contributed by atoms with Crippen molar-refractivity contribution in [2.24, 2.45) is 0 Å². The topological polar surface area (TPSA) is 161 Å². The van der Waals surface area contributed by atoms with Gasteiger partial charge in [-0.1, -0.05) is 0 Å². The highest BCUT2D eigenvalue weighted by molar-refractivity contribution is 7.87. The van der Waals surface area contributed by atoms with Gasteiger partial charge in [0.05, 0.1) is 22.3 Å². The number of carbonyl (C=O) groups excluding carboxylic acids is 4. The zero-order chi connectivity index (χ0) is 27.2. The zero-order valence-electron chi connectivity index (χ0n) is 16.4. The summed E-state index contributed by atoms with van der Waals surface area (Å²) in [5.74, 6) is -7.05. The second kappa shape index (κ2) is 7.44. The van der Waals surface area contributed by atoms with Crippen LogP contribution in [0.2, 0.25) is 0 Å². The first-order chi connectivity index (χ1) is 16.3. The summed E-state index contributed by atoms with van der Waals surface area (Å²) in [7, 11) is -13.0. The van der Waals surface area contributed by atoms with Crippen molar-refractivity contribution in [1.29, 1.82) is 0 Å². The molecule has 0 fully saturated rings. The Hall–Kier alpha value is -3.62. The smallest absolute Gasteiger partial charge is 0.266 e. The van der Waals surface area contributed by atoms with Crippen molar-refractivity contribution in [2.45, 2.75) is 11.0 Å². The number of rotatable bonds is 4. The first kappa shape index (κ1) is 25.5. The third-order valence-electron chi connectivity index (χ3n) is 4.73. The molecule has 2 aliphatic heterocycles. The second-order valence-corrected chi connectivity index (χ2v) is 9.87. The van der Waals surface area contributed by atoms with Crippen LogP contribution in [0.5, 0.6) is 0 Å². The maximum absolute atomic E-state index is 12.7. The van der Waals surface area contributed by atoms with Crippen LogP contribution in [0.3, 0.4) is 0 Å². The van der Waals surface area contributed by atoms with E-state index in [4.69, 9.17) is 0 Å². The predicted octanol–water partition coefficient (Wildman–Crippen LogP) is 1.59. The molecule has 12 nitrogen and oxygen atoms in total. The summed E-state index contributed by atoms with van der Waals surface area (Å²) in [5, 5.41) is -2.58. The molecular weight excluding hydrogens is 558 g/mol. The number of alkyl halides is 6. The predicted molar refractivity (Wildman–Crippen MR) is 97.1 cm³/mol. The summed E-state index contributed by atoms with van der Waals surface area (Å²) >= 11 is 0. The molecule has 0 saturated heterocycles. The van der Waals surface area contributed by atoms with Crippen molar-refractivity contribution in [3.63, 3.8) is 0 Å². The van der Waals surface area contributed by atoms with E-state index in [1.807, 2.05) is 0 Å². The minimum Gasteiger partial charge on any atom is -0.266 e. The molecule has 2 aromatic carbocycles. The summed E-state index contributed by atoms with van der Waals surface area (Å²) in [5.41, 5.74) is -15.0. The van der Waals surface area contributed by atoms with Crippen LogP contribution in [0.15, 0.2) is 24.3 Å². The van der Waals surface area contributed by atoms with E-state index in [9.17, 15) is 62.4 Å². The minimum absolute atomic E-state index is 0.565. The highest BCUT2D eigenvalue weighted by Crippen LogP contribution is 2.39. The molecule has 0 unspecified atom stereocenters. The lowest BCUT2D eigenvalue weighted by Gasteiger charge is -2.30. The largest absolute Gasteiger partial charge is 0.525 e. The fourth-order valence-electron chi connectivity index (χ4n) is 3.25. The number of benzene rings is 2. The number of carbonyl (C=O) groups is 4. The monoisotopic (exact) mass is 562 g/mol. The standard InChI is InChI=1S/C16H4F6N2O10S2/c17-15(18,19)35(29,30)33-23-11(25)5-1-2-6-10-8(4-3-7(9(5)10)13(23)27)14(28)24(12(6)26)34-36(31,32)16(20,21)22/h1-4H. The molecule has 4 rings (SSSR count). The van der Waals surface area contributed by atoms with Crippen molar-refractivity contribution in [3.05, 3.63) is 46.5 Å². The number of imide groups is 2. The fourth-order valence-corrected chi connectivity index (χ4v) is 4.08. The Morgan fingerprint density at radius 1 is 0.528 bits per heavy atom. The van der Waals surface area contributed by atoms with Crippen LogP contribution in [-0.2, 0) is 28.8 Å². The number of hydrogen-bond acceptors (Lipinski definition) is 10. The SMILES string of the molecule is O=C1c2ccc3c4c(ccc(c24)C(=O)N1OS(=O)(=O)C(F)(F)F)C(=O)N(OS(=O)(=O)C(F)(F)F)C3=O. The van der Waals surface area contributed by atoms with Gasteiger partial charge in [-0.05, 0) is 24.3 Å². The van der Waals surface area contributed by atoms with Crippen LogP contribution in [0.25, 0.3) is 10.8 Å². The average molecular weight is 562 g/mol. The van der Waals surface area contributed by atoms with E-state index in [-0.39, 0.29) is 0 Å². The zero-order valence-corrected chi connectivity index (χ0v) is 18.0. The van der Waals surface area contributed by atoms with E-state index in [2.05, 4.69) is 8.57 Å². The van der Waals surface area contributed by atoms with Gasteiger partial charge in [-0.25, -0.2) is 0 Å². The molecule has 192 valence electrons. The highest BCUT2D eigenvalue weighted by atomic mass is 32.2. The van der Waals surface area contributed by atoms with Crippen molar-refractivity contribution in [1.82, 2.24) is 10.1 Å². The summed E-state index contributed by atoms with van der Waals surface area (Å²) in [6.07, 6.45) is 0. The van der Waals surface area contributed by atoms with Gasteiger partial charge >= 0.3 is 31.3 Å². The molecule has 4 amide bonds. The first-order valence-corrected chi connectivity index (χ1v) is 11.5. The third kappa shape index (κ3) is 3.51. The number of hydrogen-bond donors (Lipinski definition) is 0. The summed E-state index contributed by atoms with van der Waals surface area (Å²) in [6.45, 7) is 0. The van der Waals surface area contributed by atoms with Crippen LogP contribution < -0.4 is 0 Å². The van der Waals surface area contributed by atoms with Crippen molar-refractivity contribution in [2.75, 3.05) is 0 Å². The highest BCUT2D eigenvalue weighted by Gasteiger charge is 2.53. The van der Waals surface area contributed by atoms with E-state index >= 15 is 0 Å². The van der Waals surface area contributed by atoms with Gasteiger partial charge in [0.15, 0.2) is 0 Å². The number of nitrogens with zero attached hydrogens (tertiary/aromatic N) is 2. The van der Waals surface area contributed by atoms with Crippen molar-refractivity contribution in [3.8, 4) is 0 Å². The molecule has 0 N–H and O–H groups in total. The van der Waals surface area contributed by atoms with Crippen LogP contribution in [0.1, 0.15) is 41.4 Å². The molecule has 36 heavy (non-hydrogen) atoms. The normalized spacial score (nSPS) is 16.8. The van der Waals surface area contributed by atoms with Crippen LogP contribution in [0, 0.1) is 0 Å². The van der Waals surface area contributed by atoms with Gasteiger partial charge in [0.25, 0.3) is 23.6 Å². The lowest BCUT2D eigenvalue weighted by molar-refractivity contribution is -0.0769. The van der Waals surface area contributed by atoms with Gasteiger partial charge in [-0.3, -0.25) is 19.2 Å². The lowest BCUT2D eigenvalue weighted by atomic mass is 9.87. The molecular formula is C16H4F6N2O10S2. The third-order valence-corrected chi connectivity index (χ3v) is 6.56. The Morgan fingerprint density at radius 2 is 0.750 bits per heavy atom. The maximum Gasteiger partial charge on any atom is 0.525 e. The molecule has 0 aliphatic carbocycles. The Balaban J connectivity index is 1.86. The van der Waals surface area contributed by atoms with Gasteiger partial charge in [0.2, 0.25) is 0 Å². The van der Waals surface area contributed by atoms with Gasteiger partial charge in [-0.15, -0.1) is 18.7 Å². The molecule has 0 atom stereocenters. The summed E-state index contributed by atoms with van der Waals surface area (Å²) < 4.78 is 129. The summed E-state index contributed by atoms with van der Waals surface area (Å²) in [4.78, 5) is 50.4. The van der Waals surface area contributed by atoms with Gasteiger partial charge < -0.3 is 0 Å². The molecule has 0 bridgehead atoms. The Kier molecular flexibility index (Phi) is 5.27. The van der Waals surface area contributed by atoms with E-state index in [0.29, 0.717) is 24.3 Å². The van der Waals surface area contributed by atoms with E-state index in [1.165, 1.54) is 0 Å². The first-order valence-electron chi connectivity index (χ1n) is 8.69. The quantitative estimate of drug-likeness (QED) is 0.304. The lowest BCUT2D eigenvalue weighted by Crippen LogP contribution is -2.46. The van der Waals surface area contributed by atoms with Gasteiger partial charge in [-0.2, -0.15) is 43.2 Å². The number of hydroxylamine groups is 4. The summed E-state index contributed by atoms with van der Waals surface area (Å²) in [6, 6.07) is 2.61. The molecule has 0 radical (unpaired) electrons. The fraction of sp³-hybridized carbons (Fsp3) is 0.125. The molecule has 2 aromatic rings. The molecule has 0 saturated carbocycles. The van der Waals surface area contributed by atoms with Crippen LogP contribution in [-0.4, -0.2) is 61.6 Å². The maximum atomic E-state index is 12.7. The van der Waals surface area contributed by atoms with Crippen molar-refractivity contribution < 1.29 is 70.9 Å². The molecule has 20 heteroatoms.